The number of benzene rings is 1. The molecule has 1 nitrogen and oxygen atoms in total. The van der Waals surface area contributed by atoms with Crippen molar-refractivity contribution < 1.29 is 0 Å². The highest BCUT2D eigenvalue weighted by Gasteiger charge is 2.10. The molecule has 0 N–H and O–H groups in total. The van der Waals surface area contributed by atoms with E-state index in [2.05, 4.69) is 50.0 Å². The molecule has 1 unspecified atom stereocenters. The van der Waals surface area contributed by atoms with Gasteiger partial charge in [-0.25, -0.2) is 0 Å². The van der Waals surface area contributed by atoms with Crippen LogP contribution < -0.4 is 0 Å². The third kappa shape index (κ3) is 3.85. The van der Waals surface area contributed by atoms with E-state index >= 15 is 0 Å². The van der Waals surface area contributed by atoms with Crippen LogP contribution in [-0.4, -0.2) is 6.21 Å². The summed E-state index contributed by atoms with van der Waals surface area (Å²) in [4.78, 5) is 4.21. The molecule has 1 aromatic carbocycles. The molecule has 92 valence electrons. The van der Waals surface area contributed by atoms with Crippen molar-refractivity contribution in [2.24, 2.45) is 4.99 Å². The van der Waals surface area contributed by atoms with E-state index in [-0.39, 0.29) is 0 Å². The maximum Gasteiger partial charge on any atom is 0.0299 e. The highest BCUT2D eigenvalue weighted by molar-refractivity contribution is 5.68. The van der Waals surface area contributed by atoms with Gasteiger partial charge in [-0.1, -0.05) is 44.5 Å². The number of allylic oxidation sites excluding steroid dienone is 1. The molecule has 0 aliphatic heterocycles. The van der Waals surface area contributed by atoms with Crippen molar-refractivity contribution in [3.05, 3.63) is 41.6 Å². The molecule has 0 saturated carbocycles. The molecule has 0 aromatic heterocycles. The van der Waals surface area contributed by atoms with Gasteiger partial charge in [0.2, 0.25) is 0 Å². The van der Waals surface area contributed by atoms with Gasteiger partial charge in [0.1, 0.15) is 0 Å². The standard InChI is InChI=1S/C16H23N/c1-5-9-13(3)15-10-7-8-11-16(15)14(4)12-17-6-2/h6-8,10-13H,5,9H2,1-4H3/b14-12+,17-6-. The Morgan fingerprint density at radius 3 is 2.71 bits per heavy atom. The van der Waals surface area contributed by atoms with E-state index in [0.29, 0.717) is 5.92 Å². The van der Waals surface area contributed by atoms with E-state index < -0.39 is 0 Å². The summed E-state index contributed by atoms with van der Waals surface area (Å²) in [5.74, 6) is 0.616. The number of hydrogen-bond acceptors (Lipinski definition) is 1. The number of aliphatic imine (C=N–C) groups is 1. The largest absolute Gasteiger partial charge is 0.269 e. The summed E-state index contributed by atoms with van der Waals surface area (Å²) < 4.78 is 0. The third-order valence-corrected chi connectivity index (χ3v) is 3.06. The molecular weight excluding hydrogens is 206 g/mol. The molecule has 0 radical (unpaired) electrons. The van der Waals surface area contributed by atoms with Gasteiger partial charge >= 0.3 is 0 Å². The van der Waals surface area contributed by atoms with Crippen LogP contribution in [0, 0.1) is 0 Å². The maximum absolute atomic E-state index is 4.21. The first-order chi connectivity index (χ1) is 8.20. The first-order valence-electron chi connectivity index (χ1n) is 6.44. The number of hydrogen-bond donors (Lipinski definition) is 0. The van der Waals surface area contributed by atoms with Crippen molar-refractivity contribution in [1.29, 1.82) is 0 Å². The molecule has 0 aliphatic rings. The van der Waals surface area contributed by atoms with Crippen molar-refractivity contribution >= 4 is 11.8 Å². The lowest BCUT2D eigenvalue weighted by Gasteiger charge is -2.15. The average Bonchev–Trinajstić information content (AvgIpc) is 2.36. The van der Waals surface area contributed by atoms with Crippen LogP contribution in [0.1, 0.15) is 57.6 Å². The monoisotopic (exact) mass is 229 g/mol. The van der Waals surface area contributed by atoms with Gasteiger partial charge in [0.25, 0.3) is 0 Å². The zero-order valence-electron chi connectivity index (χ0n) is 11.4. The van der Waals surface area contributed by atoms with Gasteiger partial charge in [0.15, 0.2) is 0 Å². The second-order valence-corrected chi connectivity index (χ2v) is 4.50. The molecule has 0 saturated heterocycles. The molecular formula is C16H23N. The predicted octanol–water partition coefficient (Wildman–Crippen LogP) is 5.04. The predicted molar refractivity (Wildman–Crippen MR) is 77.6 cm³/mol. The van der Waals surface area contributed by atoms with Crippen molar-refractivity contribution in [2.75, 3.05) is 0 Å². The SMILES string of the molecule is C/C=N\C=C(/C)c1ccccc1C(C)CCC. The quantitative estimate of drug-likeness (QED) is 0.627. The number of rotatable bonds is 5. The van der Waals surface area contributed by atoms with Crippen LogP contribution in [0.3, 0.4) is 0 Å². The van der Waals surface area contributed by atoms with Gasteiger partial charge in [-0.3, -0.25) is 4.99 Å². The second kappa shape index (κ2) is 7.05. The Bertz CT molecular complexity index is 402. The highest BCUT2D eigenvalue weighted by Crippen LogP contribution is 2.28. The Labute approximate surface area is 105 Å². The summed E-state index contributed by atoms with van der Waals surface area (Å²) in [6, 6.07) is 8.66. The van der Waals surface area contributed by atoms with Crippen LogP contribution in [0.2, 0.25) is 0 Å². The van der Waals surface area contributed by atoms with Gasteiger partial charge in [-0.05, 0) is 42.9 Å². The minimum atomic E-state index is 0.616. The van der Waals surface area contributed by atoms with Crippen molar-refractivity contribution in [1.82, 2.24) is 0 Å². The fourth-order valence-electron chi connectivity index (χ4n) is 2.13. The van der Waals surface area contributed by atoms with Gasteiger partial charge in [-0.15, -0.1) is 0 Å². The lowest BCUT2D eigenvalue weighted by atomic mass is 9.90. The zero-order valence-corrected chi connectivity index (χ0v) is 11.4. The lowest BCUT2D eigenvalue weighted by Crippen LogP contribution is -1.97. The van der Waals surface area contributed by atoms with Crippen LogP contribution in [0.25, 0.3) is 5.57 Å². The van der Waals surface area contributed by atoms with Crippen molar-refractivity contribution in [2.45, 2.75) is 46.5 Å². The van der Waals surface area contributed by atoms with Crippen LogP contribution in [0.5, 0.6) is 0 Å². The van der Waals surface area contributed by atoms with E-state index in [4.69, 9.17) is 0 Å². The fourth-order valence-corrected chi connectivity index (χ4v) is 2.13. The summed E-state index contributed by atoms with van der Waals surface area (Å²) >= 11 is 0. The minimum absolute atomic E-state index is 0.616. The summed E-state index contributed by atoms with van der Waals surface area (Å²) in [6.07, 6.45) is 6.23. The molecule has 1 heteroatoms. The van der Waals surface area contributed by atoms with E-state index in [1.54, 1.807) is 0 Å². The molecule has 0 spiro atoms. The Hall–Kier alpha value is -1.37. The summed E-state index contributed by atoms with van der Waals surface area (Å²) in [6.45, 7) is 8.61. The number of nitrogens with zero attached hydrogens (tertiary/aromatic N) is 1. The van der Waals surface area contributed by atoms with Crippen molar-refractivity contribution in [3.63, 3.8) is 0 Å². The highest BCUT2D eigenvalue weighted by atomic mass is 14.7. The van der Waals surface area contributed by atoms with Crippen LogP contribution in [-0.2, 0) is 0 Å². The van der Waals surface area contributed by atoms with Crippen molar-refractivity contribution in [3.8, 4) is 0 Å². The third-order valence-electron chi connectivity index (χ3n) is 3.06. The Morgan fingerprint density at radius 2 is 2.06 bits per heavy atom. The van der Waals surface area contributed by atoms with Crippen LogP contribution >= 0.6 is 0 Å². The molecule has 1 aromatic rings. The van der Waals surface area contributed by atoms with Crippen LogP contribution in [0.15, 0.2) is 35.5 Å². The van der Waals surface area contributed by atoms with Gasteiger partial charge in [0, 0.05) is 12.4 Å². The first kappa shape index (κ1) is 13.7. The topological polar surface area (TPSA) is 12.4 Å². The van der Waals surface area contributed by atoms with E-state index in [1.807, 2.05) is 19.3 Å². The molecule has 1 rings (SSSR count). The smallest absolute Gasteiger partial charge is 0.0299 e. The van der Waals surface area contributed by atoms with E-state index in [1.165, 1.54) is 29.5 Å². The minimum Gasteiger partial charge on any atom is -0.269 e. The lowest BCUT2D eigenvalue weighted by molar-refractivity contribution is 0.663. The van der Waals surface area contributed by atoms with Gasteiger partial charge in [0.05, 0.1) is 0 Å². The zero-order chi connectivity index (χ0) is 12.7. The molecule has 0 heterocycles. The molecule has 0 aliphatic carbocycles. The van der Waals surface area contributed by atoms with Gasteiger partial charge < -0.3 is 0 Å². The Kier molecular flexibility index (Phi) is 5.68. The normalized spacial score (nSPS) is 14.2. The summed E-state index contributed by atoms with van der Waals surface area (Å²) in [7, 11) is 0. The second-order valence-electron chi connectivity index (χ2n) is 4.50. The molecule has 17 heavy (non-hydrogen) atoms. The molecule has 1 atom stereocenters. The first-order valence-corrected chi connectivity index (χ1v) is 6.44. The molecule has 0 amide bonds. The maximum atomic E-state index is 4.21. The average molecular weight is 229 g/mol. The summed E-state index contributed by atoms with van der Waals surface area (Å²) in [5, 5.41) is 0. The fraction of sp³-hybridized carbons (Fsp3) is 0.438. The summed E-state index contributed by atoms with van der Waals surface area (Å²) in [5.41, 5.74) is 4.01. The molecule has 0 fully saturated rings. The van der Waals surface area contributed by atoms with Gasteiger partial charge in [-0.2, -0.15) is 0 Å². The molecule has 0 bridgehead atoms. The Balaban J connectivity index is 3.07. The Morgan fingerprint density at radius 1 is 1.35 bits per heavy atom. The van der Waals surface area contributed by atoms with E-state index in [9.17, 15) is 0 Å². The van der Waals surface area contributed by atoms with E-state index in [0.717, 1.165) is 0 Å². The van der Waals surface area contributed by atoms with Crippen LogP contribution in [0.4, 0.5) is 0 Å².